The van der Waals surface area contributed by atoms with Crippen LogP contribution in [0.5, 0.6) is 5.75 Å². The van der Waals surface area contributed by atoms with Crippen molar-refractivity contribution in [3.8, 4) is 5.75 Å². The van der Waals surface area contributed by atoms with Crippen LogP contribution in [-0.4, -0.2) is 28.4 Å². The SMILES string of the molecule is O=C(NCCC1Oc2ccccc2[N+]1=O)c1cc2ccccc2[nH]1. The molecule has 2 heterocycles. The molecule has 0 saturated heterocycles. The Kier molecular flexibility index (Phi) is 3.49. The van der Waals surface area contributed by atoms with E-state index in [0.717, 1.165) is 15.7 Å². The normalized spacial score (nSPS) is 16.0. The molecule has 0 bridgehead atoms. The van der Waals surface area contributed by atoms with Crippen LogP contribution in [0.1, 0.15) is 16.9 Å². The minimum absolute atomic E-state index is 0.195. The maximum absolute atomic E-state index is 12.2. The van der Waals surface area contributed by atoms with E-state index in [1.807, 2.05) is 36.4 Å². The second-order valence-corrected chi connectivity index (χ2v) is 5.68. The first-order valence-electron chi connectivity index (χ1n) is 7.80. The highest BCUT2D eigenvalue weighted by molar-refractivity contribution is 5.97. The van der Waals surface area contributed by atoms with Crippen LogP contribution in [0, 0.1) is 4.91 Å². The molecule has 1 aliphatic rings. The molecule has 0 saturated carbocycles. The lowest BCUT2D eigenvalue weighted by atomic mass is 10.2. The van der Waals surface area contributed by atoms with E-state index in [0.29, 0.717) is 30.1 Å². The Hall–Kier alpha value is -3.15. The quantitative estimate of drug-likeness (QED) is 0.725. The van der Waals surface area contributed by atoms with E-state index in [1.165, 1.54) is 0 Å². The molecule has 6 heteroatoms. The number of aromatic amines is 1. The molecule has 0 aliphatic carbocycles. The minimum Gasteiger partial charge on any atom is -0.423 e. The number of rotatable bonds is 4. The van der Waals surface area contributed by atoms with Gasteiger partial charge < -0.3 is 15.0 Å². The number of nitroso groups, excluding NO2 is 1. The van der Waals surface area contributed by atoms with Crippen molar-refractivity contribution in [1.82, 2.24) is 10.3 Å². The second kappa shape index (κ2) is 5.81. The summed E-state index contributed by atoms with van der Waals surface area (Å²) >= 11 is 0. The van der Waals surface area contributed by atoms with Gasteiger partial charge in [0.05, 0.1) is 11.2 Å². The maximum atomic E-state index is 12.2. The number of fused-ring (bicyclic) bond motifs is 2. The number of hydrogen-bond acceptors (Lipinski definition) is 3. The van der Waals surface area contributed by atoms with E-state index in [9.17, 15) is 9.70 Å². The molecule has 0 fully saturated rings. The zero-order valence-corrected chi connectivity index (χ0v) is 12.9. The number of amides is 1. The number of ether oxygens (including phenoxy) is 1. The Morgan fingerprint density at radius 1 is 1.17 bits per heavy atom. The van der Waals surface area contributed by atoms with Gasteiger partial charge in [-0.3, -0.25) is 4.79 Å². The lowest BCUT2D eigenvalue weighted by molar-refractivity contribution is -0.529. The zero-order chi connectivity index (χ0) is 16.5. The van der Waals surface area contributed by atoms with Gasteiger partial charge in [-0.2, -0.15) is 0 Å². The van der Waals surface area contributed by atoms with Crippen LogP contribution in [0.15, 0.2) is 54.6 Å². The number of benzene rings is 2. The van der Waals surface area contributed by atoms with E-state index < -0.39 is 6.23 Å². The molecule has 120 valence electrons. The molecule has 0 radical (unpaired) electrons. The van der Waals surface area contributed by atoms with Gasteiger partial charge in [0.25, 0.3) is 5.91 Å². The Morgan fingerprint density at radius 3 is 2.79 bits per heavy atom. The van der Waals surface area contributed by atoms with Crippen molar-refractivity contribution < 1.29 is 14.3 Å². The van der Waals surface area contributed by atoms with Crippen molar-refractivity contribution in [2.75, 3.05) is 6.54 Å². The number of hydrogen-bond donors (Lipinski definition) is 2. The highest BCUT2D eigenvalue weighted by Crippen LogP contribution is 2.35. The van der Waals surface area contributed by atoms with Crippen molar-refractivity contribution in [1.29, 1.82) is 0 Å². The van der Waals surface area contributed by atoms with Crippen LogP contribution >= 0.6 is 0 Å². The summed E-state index contributed by atoms with van der Waals surface area (Å²) in [6.45, 7) is 0.353. The second-order valence-electron chi connectivity index (χ2n) is 5.68. The first-order chi connectivity index (χ1) is 11.7. The summed E-state index contributed by atoms with van der Waals surface area (Å²) in [4.78, 5) is 27.4. The first-order valence-corrected chi connectivity index (χ1v) is 7.80. The van der Waals surface area contributed by atoms with Crippen LogP contribution < -0.4 is 10.1 Å². The summed E-state index contributed by atoms with van der Waals surface area (Å²) in [5.41, 5.74) is 1.96. The van der Waals surface area contributed by atoms with Gasteiger partial charge >= 0.3 is 11.9 Å². The summed E-state index contributed by atoms with van der Waals surface area (Å²) in [6.07, 6.45) is -0.199. The number of para-hydroxylation sites is 3. The smallest absolute Gasteiger partial charge is 0.352 e. The standard InChI is InChI=1S/C18H15N3O3/c22-18(14-11-12-5-1-2-6-13(12)20-14)19-10-9-17-21(23)15-7-3-4-8-16(15)24-17/h1-8,11,17H,9-10H2,(H-,19,20,22)/p+1. The average molecular weight is 322 g/mol. The lowest BCUT2D eigenvalue weighted by Gasteiger charge is -2.04. The number of nitrogens with one attached hydrogen (secondary N) is 2. The highest BCUT2D eigenvalue weighted by Gasteiger charge is 2.39. The van der Waals surface area contributed by atoms with E-state index in [-0.39, 0.29) is 5.91 Å². The molecule has 6 nitrogen and oxygen atoms in total. The molecule has 4 rings (SSSR count). The number of carbonyl (C=O) groups excluding carboxylic acids is 1. The molecular weight excluding hydrogens is 306 g/mol. The summed E-state index contributed by atoms with van der Waals surface area (Å²) in [5, 5.41) is 3.81. The van der Waals surface area contributed by atoms with E-state index in [2.05, 4.69) is 10.3 Å². The van der Waals surface area contributed by atoms with Crippen molar-refractivity contribution in [3.05, 3.63) is 65.2 Å². The van der Waals surface area contributed by atoms with Crippen LogP contribution in [0.25, 0.3) is 10.9 Å². The van der Waals surface area contributed by atoms with Crippen molar-refractivity contribution in [3.63, 3.8) is 0 Å². The lowest BCUT2D eigenvalue weighted by Crippen LogP contribution is -2.31. The molecule has 1 amide bonds. The Bertz CT molecular complexity index is 899. The molecule has 1 aliphatic heterocycles. The van der Waals surface area contributed by atoms with E-state index in [1.54, 1.807) is 18.2 Å². The molecule has 24 heavy (non-hydrogen) atoms. The fraction of sp³-hybridized carbons (Fsp3) is 0.167. The third-order valence-corrected chi connectivity index (χ3v) is 4.08. The molecule has 1 atom stereocenters. The van der Waals surface area contributed by atoms with Crippen molar-refractivity contribution >= 4 is 22.5 Å². The largest absolute Gasteiger partial charge is 0.423 e. The molecule has 1 unspecified atom stereocenters. The van der Waals surface area contributed by atoms with Gasteiger partial charge in [0, 0.05) is 28.4 Å². The van der Waals surface area contributed by atoms with Gasteiger partial charge in [0.15, 0.2) is 0 Å². The number of carbonyl (C=O) groups is 1. The van der Waals surface area contributed by atoms with Gasteiger partial charge in [-0.25, -0.2) is 0 Å². The van der Waals surface area contributed by atoms with Crippen LogP contribution in [0.4, 0.5) is 5.69 Å². The predicted octanol–water partition coefficient (Wildman–Crippen LogP) is 3.12. The summed E-state index contributed by atoms with van der Waals surface area (Å²) < 4.78 is 6.46. The van der Waals surface area contributed by atoms with E-state index in [4.69, 9.17) is 4.74 Å². The number of aromatic nitrogens is 1. The zero-order valence-electron chi connectivity index (χ0n) is 12.9. The number of H-pyrrole nitrogens is 1. The summed E-state index contributed by atoms with van der Waals surface area (Å²) in [6, 6.07) is 16.6. The van der Waals surface area contributed by atoms with Gasteiger partial charge in [-0.1, -0.05) is 30.3 Å². The van der Waals surface area contributed by atoms with Gasteiger partial charge in [0.2, 0.25) is 5.75 Å². The van der Waals surface area contributed by atoms with Gasteiger partial charge in [0.1, 0.15) is 5.69 Å². The molecule has 0 spiro atoms. The minimum atomic E-state index is -0.606. The molecule has 1 aromatic heterocycles. The predicted molar refractivity (Wildman–Crippen MR) is 89.4 cm³/mol. The van der Waals surface area contributed by atoms with Crippen LogP contribution in [0.3, 0.4) is 0 Å². The monoisotopic (exact) mass is 322 g/mol. The number of nitrogens with zero attached hydrogens (tertiary/aromatic N) is 1. The third-order valence-electron chi connectivity index (χ3n) is 4.08. The van der Waals surface area contributed by atoms with Crippen molar-refractivity contribution in [2.45, 2.75) is 12.6 Å². The van der Waals surface area contributed by atoms with Crippen LogP contribution in [-0.2, 0) is 0 Å². The first kappa shape index (κ1) is 14.4. The average Bonchev–Trinajstić information content (AvgIpc) is 3.17. The highest BCUT2D eigenvalue weighted by atomic mass is 16.5. The molecular formula is C18H16N3O3+. The Balaban J connectivity index is 1.36. The Labute approximate surface area is 138 Å². The molecule has 2 aromatic carbocycles. The van der Waals surface area contributed by atoms with Gasteiger partial charge in [-0.15, -0.1) is 0 Å². The topological polar surface area (TPSA) is 74.2 Å². The fourth-order valence-electron chi connectivity index (χ4n) is 2.86. The van der Waals surface area contributed by atoms with E-state index >= 15 is 0 Å². The molecule has 2 N–H and O–H groups in total. The Morgan fingerprint density at radius 2 is 1.96 bits per heavy atom. The third kappa shape index (κ3) is 2.52. The van der Waals surface area contributed by atoms with Crippen LogP contribution in [0.2, 0.25) is 0 Å². The maximum Gasteiger partial charge on any atom is 0.352 e. The summed E-state index contributed by atoms with van der Waals surface area (Å²) in [7, 11) is 0. The molecule has 3 aromatic rings. The fourth-order valence-corrected chi connectivity index (χ4v) is 2.86. The summed E-state index contributed by atoms with van der Waals surface area (Å²) in [5.74, 6) is 0.388. The van der Waals surface area contributed by atoms with Crippen molar-refractivity contribution in [2.24, 2.45) is 0 Å². The van der Waals surface area contributed by atoms with Gasteiger partial charge in [-0.05, 0) is 18.2 Å².